The molecule has 26 heavy (non-hydrogen) atoms. The highest BCUT2D eigenvalue weighted by Crippen LogP contribution is 2.23. The number of hydrogen-bond donors (Lipinski definition) is 2. The van der Waals surface area contributed by atoms with Gasteiger partial charge in [-0.3, -0.25) is 9.52 Å². The Balaban J connectivity index is 1.57. The average Bonchev–Trinajstić information content (AvgIpc) is 3.26. The van der Waals surface area contributed by atoms with Gasteiger partial charge in [-0.25, -0.2) is 8.42 Å². The average molecular weight is 407 g/mol. The number of nitrogens with one attached hydrogen (secondary N) is 2. The summed E-state index contributed by atoms with van der Waals surface area (Å²) in [6.45, 7) is 2.39. The molecule has 0 aliphatic rings. The molecule has 2 heterocycles. The summed E-state index contributed by atoms with van der Waals surface area (Å²) in [7, 11) is -3.57. The maximum absolute atomic E-state index is 12.3. The summed E-state index contributed by atoms with van der Waals surface area (Å²) in [6, 6.07) is 14.1. The molecule has 8 heteroatoms. The molecule has 1 aromatic carbocycles. The van der Waals surface area contributed by atoms with E-state index in [1.165, 1.54) is 11.3 Å². The van der Waals surface area contributed by atoms with Crippen molar-refractivity contribution in [3.05, 3.63) is 69.2 Å². The Morgan fingerprint density at radius 1 is 1.08 bits per heavy atom. The van der Waals surface area contributed by atoms with Crippen molar-refractivity contribution < 1.29 is 13.2 Å². The van der Waals surface area contributed by atoms with E-state index in [9.17, 15) is 13.2 Å². The first-order valence-corrected chi connectivity index (χ1v) is 11.1. The number of carbonyl (C=O) groups is 1. The number of benzene rings is 1. The zero-order valence-electron chi connectivity index (χ0n) is 14.1. The molecule has 1 amide bonds. The van der Waals surface area contributed by atoms with Crippen LogP contribution in [0.1, 0.15) is 15.3 Å². The molecule has 0 saturated carbocycles. The lowest BCUT2D eigenvalue weighted by Gasteiger charge is -2.08. The van der Waals surface area contributed by atoms with Crippen molar-refractivity contribution >= 4 is 44.3 Å². The van der Waals surface area contributed by atoms with Crippen molar-refractivity contribution in [1.29, 1.82) is 0 Å². The topological polar surface area (TPSA) is 75.3 Å². The quantitative estimate of drug-likeness (QED) is 0.627. The Labute approximate surface area is 160 Å². The minimum Gasteiger partial charge on any atom is -0.351 e. The van der Waals surface area contributed by atoms with Crippen LogP contribution in [0.4, 0.5) is 5.69 Å². The molecule has 2 aromatic heterocycles. The number of carbonyl (C=O) groups excluding carboxylic acids is 1. The number of sulfonamides is 1. The van der Waals surface area contributed by atoms with E-state index in [1.54, 1.807) is 47.7 Å². The molecule has 136 valence electrons. The van der Waals surface area contributed by atoms with Crippen LogP contribution in [0.25, 0.3) is 0 Å². The monoisotopic (exact) mass is 406 g/mol. The molecule has 0 radical (unpaired) electrons. The first-order valence-electron chi connectivity index (χ1n) is 7.90. The Bertz CT molecular complexity index is 975. The summed E-state index contributed by atoms with van der Waals surface area (Å²) in [5.41, 5.74) is 1.29. The highest BCUT2D eigenvalue weighted by molar-refractivity contribution is 7.94. The number of thiophene rings is 2. The van der Waals surface area contributed by atoms with Crippen molar-refractivity contribution in [2.75, 3.05) is 4.72 Å². The third kappa shape index (κ3) is 4.94. The van der Waals surface area contributed by atoms with Gasteiger partial charge >= 0.3 is 0 Å². The Morgan fingerprint density at radius 2 is 1.85 bits per heavy atom. The second-order valence-corrected chi connectivity index (χ2v) is 9.93. The third-order valence-electron chi connectivity index (χ3n) is 3.59. The summed E-state index contributed by atoms with van der Waals surface area (Å²) < 4.78 is 27.5. The van der Waals surface area contributed by atoms with Crippen LogP contribution in [0.5, 0.6) is 0 Å². The molecule has 3 aromatic rings. The zero-order chi connectivity index (χ0) is 18.6. The smallest absolute Gasteiger partial charge is 0.271 e. The first-order chi connectivity index (χ1) is 12.4. The normalized spacial score (nSPS) is 11.3. The standard InChI is InChI=1S/C18H18N2O3S3/c1-13-4-9-18(25-13)26(22,23)20-15-7-5-14(6-8-15)11-17(21)19-12-16-3-2-10-24-16/h2-10,20H,11-12H2,1H3,(H,19,21). The lowest BCUT2D eigenvalue weighted by molar-refractivity contribution is -0.120. The van der Waals surface area contributed by atoms with E-state index < -0.39 is 10.0 Å². The number of aryl methyl sites for hydroxylation is 1. The predicted molar refractivity (Wildman–Crippen MR) is 106 cm³/mol. The van der Waals surface area contributed by atoms with E-state index in [-0.39, 0.29) is 16.5 Å². The predicted octanol–water partition coefficient (Wildman–Crippen LogP) is 3.78. The molecular weight excluding hydrogens is 388 g/mol. The molecule has 0 aliphatic heterocycles. The van der Waals surface area contributed by atoms with Gasteiger partial charge in [0.15, 0.2) is 0 Å². The highest BCUT2D eigenvalue weighted by Gasteiger charge is 2.16. The van der Waals surface area contributed by atoms with Gasteiger partial charge in [-0.2, -0.15) is 0 Å². The second kappa shape index (κ2) is 8.03. The van der Waals surface area contributed by atoms with Crippen LogP contribution in [0, 0.1) is 6.92 Å². The largest absolute Gasteiger partial charge is 0.351 e. The van der Waals surface area contributed by atoms with Gasteiger partial charge in [0.25, 0.3) is 10.0 Å². The van der Waals surface area contributed by atoms with Crippen LogP contribution in [0.2, 0.25) is 0 Å². The summed E-state index contributed by atoms with van der Waals surface area (Å²) in [5, 5.41) is 4.84. The fraction of sp³-hybridized carbons (Fsp3) is 0.167. The molecule has 5 nitrogen and oxygen atoms in total. The molecule has 0 spiro atoms. The van der Waals surface area contributed by atoms with Crippen molar-refractivity contribution in [2.24, 2.45) is 0 Å². The number of amides is 1. The van der Waals surface area contributed by atoms with Gasteiger partial charge in [0.2, 0.25) is 5.91 Å². The van der Waals surface area contributed by atoms with E-state index in [4.69, 9.17) is 0 Å². The SMILES string of the molecule is Cc1ccc(S(=O)(=O)Nc2ccc(CC(=O)NCc3cccs3)cc2)s1. The van der Waals surface area contributed by atoms with Gasteiger partial charge in [0.1, 0.15) is 4.21 Å². The van der Waals surface area contributed by atoms with E-state index in [1.807, 2.05) is 24.4 Å². The van der Waals surface area contributed by atoms with Crippen LogP contribution >= 0.6 is 22.7 Å². The zero-order valence-corrected chi connectivity index (χ0v) is 16.5. The molecule has 0 atom stereocenters. The van der Waals surface area contributed by atoms with Crippen LogP contribution in [-0.2, 0) is 27.8 Å². The Morgan fingerprint density at radius 3 is 2.46 bits per heavy atom. The molecule has 0 aliphatic carbocycles. The van der Waals surface area contributed by atoms with Crippen LogP contribution < -0.4 is 10.0 Å². The van der Waals surface area contributed by atoms with Gasteiger partial charge < -0.3 is 5.32 Å². The fourth-order valence-electron chi connectivity index (χ4n) is 2.30. The van der Waals surface area contributed by atoms with E-state index in [2.05, 4.69) is 10.0 Å². The van der Waals surface area contributed by atoms with Gasteiger partial charge in [-0.1, -0.05) is 18.2 Å². The molecule has 0 saturated heterocycles. The third-order valence-corrected chi connectivity index (χ3v) is 7.34. The molecule has 0 bridgehead atoms. The van der Waals surface area contributed by atoms with Gasteiger partial charge in [0.05, 0.1) is 13.0 Å². The van der Waals surface area contributed by atoms with Gasteiger partial charge in [-0.05, 0) is 48.2 Å². The van der Waals surface area contributed by atoms with Gasteiger partial charge in [-0.15, -0.1) is 22.7 Å². The molecule has 0 fully saturated rings. The first kappa shape index (κ1) is 18.6. The van der Waals surface area contributed by atoms with E-state index in [0.29, 0.717) is 12.2 Å². The summed E-state index contributed by atoms with van der Waals surface area (Å²) in [5.74, 6) is -0.0687. The lowest BCUT2D eigenvalue weighted by atomic mass is 10.1. The van der Waals surface area contributed by atoms with Gasteiger partial charge in [0, 0.05) is 15.4 Å². The maximum atomic E-state index is 12.3. The van der Waals surface area contributed by atoms with E-state index >= 15 is 0 Å². The molecule has 3 rings (SSSR count). The fourth-order valence-corrected chi connectivity index (χ4v) is 5.29. The van der Waals surface area contributed by atoms with Crippen molar-refractivity contribution in [2.45, 2.75) is 24.1 Å². The Kier molecular flexibility index (Phi) is 5.75. The van der Waals surface area contributed by atoms with E-state index in [0.717, 1.165) is 15.3 Å². The second-order valence-electron chi connectivity index (χ2n) is 5.70. The minimum absolute atomic E-state index is 0.0687. The number of anilines is 1. The molecule has 0 unspecified atom stereocenters. The summed E-state index contributed by atoms with van der Waals surface area (Å²) in [6.07, 6.45) is 0.253. The molecular formula is C18H18N2O3S3. The maximum Gasteiger partial charge on any atom is 0.271 e. The lowest BCUT2D eigenvalue weighted by Crippen LogP contribution is -2.24. The van der Waals surface area contributed by atoms with Crippen LogP contribution in [0.15, 0.2) is 58.1 Å². The summed E-state index contributed by atoms with van der Waals surface area (Å²) in [4.78, 5) is 14.0. The van der Waals surface area contributed by atoms with Crippen LogP contribution in [-0.4, -0.2) is 14.3 Å². The number of hydrogen-bond acceptors (Lipinski definition) is 5. The molecule has 2 N–H and O–H groups in total. The van der Waals surface area contributed by atoms with Crippen molar-refractivity contribution in [1.82, 2.24) is 5.32 Å². The van der Waals surface area contributed by atoms with Crippen LogP contribution in [0.3, 0.4) is 0 Å². The Hall–Kier alpha value is -2.16. The summed E-state index contributed by atoms with van der Waals surface area (Å²) >= 11 is 2.83. The van der Waals surface area contributed by atoms with Crippen molar-refractivity contribution in [3.8, 4) is 0 Å². The minimum atomic E-state index is -3.57. The highest BCUT2D eigenvalue weighted by atomic mass is 32.2. The number of rotatable bonds is 7. The van der Waals surface area contributed by atoms with Crippen molar-refractivity contribution in [3.63, 3.8) is 0 Å².